The first-order valence-electron chi connectivity index (χ1n) is 9.77. The molecule has 1 heterocycles. The fourth-order valence-corrected chi connectivity index (χ4v) is 3.39. The molecule has 0 atom stereocenters. The number of benzene rings is 2. The highest BCUT2D eigenvalue weighted by Crippen LogP contribution is 2.35. The van der Waals surface area contributed by atoms with Gasteiger partial charge in [-0.1, -0.05) is 29.8 Å². The number of carbonyl (C=O) groups excluding carboxylic acids is 2. The lowest BCUT2D eigenvalue weighted by Gasteiger charge is -2.25. The summed E-state index contributed by atoms with van der Waals surface area (Å²) in [5, 5.41) is 0. The van der Waals surface area contributed by atoms with Gasteiger partial charge in [0.1, 0.15) is 5.70 Å². The fourth-order valence-electron chi connectivity index (χ4n) is 3.39. The Labute approximate surface area is 179 Å². The molecule has 0 N–H and O–H groups in total. The van der Waals surface area contributed by atoms with Crippen molar-refractivity contribution >= 4 is 23.1 Å². The molecule has 164 valence electrons. The molecular formula is C23H24F2N2O4. The maximum Gasteiger partial charge on any atom is 0.282 e. The maximum absolute atomic E-state index is 13.9. The number of imide groups is 1. The van der Waals surface area contributed by atoms with Crippen molar-refractivity contribution in [1.29, 1.82) is 0 Å². The third-order valence-electron chi connectivity index (χ3n) is 5.01. The zero-order valence-electron chi connectivity index (χ0n) is 17.7. The van der Waals surface area contributed by atoms with E-state index in [-0.39, 0.29) is 17.0 Å². The van der Waals surface area contributed by atoms with Crippen molar-refractivity contribution in [3.8, 4) is 0 Å². The van der Waals surface area contributed by atoms with E-state index < -0.39 is 23.4 Å². The smallest absolute Gasteiger partial charge is 0.282 e. The van der Waals surface area contributed by atoms with E-state index in [1.54, 1.807) is 31.3 Å². The summed E-state index contributed by atoms with van der Waals surface area (Å²) in [5.41, 5.74) is 1.89. The molecule has 2 amide bonds. The van der Waals surface area contributed by atoms with E-state index in [1.807, 2.05) is 19.1 Å². The van der Waals surface area contributed by atoms with Gasteiger partial charge in [-0.25, -0.2) is 13.7 Å². The Balaban J connectivity index is 2.13. The number of ether oxygens (including phenoxy) is 2. The number of amides is 2. The van der Waals surface area contributed by atoms with Crippen LogP contribution in [0.5, 0.6) is 0 Å². The van der Waals surface area contributed by atoms with Gasteiger partial charge in [-0.05, 0) is 24.6 Å². The number of aryl methyl sites for hydroxylation is 1. The van der Waals surface area contributed by atoms with Crippen LogP contribution in [0.4, 0.5) is 14.5 Å². The Hall–Kier alpha value is -3.10. The van der Waals surface area contributed by atoms with Crippen molar-refractivity contribution in [3.63, 3.8) is 0 Å². The molecule has 2 aromatic rings. The number of nitrogens with zero attached hydrogens (tertiary/aromatic N) is 2. The number of halogens is 2. The van der Waals surface area contributed by atoms with Crippen molar-refractivity contribution < 1.29 is 27.8 Å². The summed E-state index contributed by atoms with van der Waals surface area (Å²) < 4.78 is 37.6. The van der Waals surface area contributed by atoms with Crippen molar-refractivity contribution in [2.45, 2.75) is 6.92 Å². The summed E-state index contributed by atoms with van der Waals surface area (Å²) in [6.07, 6.45) is 0. The molecule has 3 rings (SSSR count). The van der Waals surface area contributed by atoms with Crippen LogP contribution in [0.15, 0.2) is 48.2 Å². The molecule has 1 aliphatic heterocycles. The molecule has 0 unspecified atom stereocenters. The number of hydrogen-bond donors (Lipinski definition) is 0. The van der Waals surface area contributed by atoms with Gasteiger partial charge >= 0.3 is 0 Å². The van der Waals surface area contributed by atoms with Crippen molar-refractivity contribution in [2.24, 2.45) is 0 Å². The molecule has 2 aromatic carbocycles. The Morgan fingerprint density at radius 2 is 1.48 bits per heavy atom. The molecular weight excluding hydrogens is 406 g/mol. The summed E-state index contributed by atoms with van der Waals surface area (Å²) in [6.45, 7) is 3.24. The average molecular weight is 430 g/mol. The van der Waals surface area contributed by atoms with Crippen LogP contribution in [0.1, 0.15) is 11.1 Å². The lowest BCUT2D eigenvalue weighted by Crippen LogP contribution is -2.37. The Kier molecular flexibility index (Phi) is 7.14. The normalized spacial score (nSPS) is 14.0. The van der Waals surface area contributed by atoms with E-state index in [4.69, 9.17) is 9.47 Å². The monoisotopic (exact) mass is 430 g/mol. The Morgan fingerprint density at radius 3 is 2.03 bits per heavy atom. The second kappa shape index (κ2) is 9.80. The van der Waals surface area contributed by atoms with Gasteiger partial charge in [-0.15, -0.1) is 0 Å². The maximum atomic E-state index is 13.9. The van der Waals surface area contributed by atoms with Gasteiger partial charge in [0.25, 0.3) is 11.8 Å². The largest absolute Gasteiger partial charge is 0.383 e. The zero-order chi connectivity index (χ0) is 22.5. The third-order valence-corrected chi connectivity index (χ3v) is 5.01. The van der Waals surface area contributed by atoms with Gasteiger partial charge in [0, 0.05) is 33.4 Å². The highest BCUT2D eigenvalue weighted by molar-refractivity contribution is 6.45. The van der Waals surface area contributed by atoms with Gasteiger partial charge < -0.3 is 14.4 Å². The first-order chi connectivity index (χ1) is 14.9. The molecule has 8 heteroatoms. The summed E-state index contributed by atoms with van der Waals surface area (Å²) >= 11 is 0. The molecule has 0 saturated heterocycles. The van der Waals surface area contributed by atoms with E-state index in [2.05, 4.69) is 0 Å². The van der Waals surface area contributed by atoms with Crippen molar-refractivity contribution in [3.05, 3.63) is 70.9 Å². The second-order valence-electron chi connectivity index (χ2n) is 7.11. The Morgan fingerprint density at radius 1 is 0.871 bits per heavy atom. The zero-order valence-corrected chi connectivity index (χ0v) is 17.7. The van der Waals surface area contributed by atoms with E-state index in [9.17, 15) is 18.4 Å². The number of carbonyl (C=O) groups is 2. The second-order valence-corrected chi connectivity index (χ2v) is 7.11. The number of anilines is 1. The van der Waals surface area contributed by atoms with Crippen molar-refractivity contribution in [1.82, 2.24) is 4.90 Å². The molecule has 0 spiro atoms. The summed E-state index contributed by atoms with van der Waals surface area (Å²) in [4.78, 5) is 29.4. The van der Waals surface area contributed by atoms with E-state index in [0.717, 1.165) is 22.6 Å². The van der Waals surface area contributed by atoms with Crippen LogP contribution < -0.4 is 4.90 Å². The average Bonchev–Trinajstić information content (AvgIpc) is 3.01. The van der Waals surface area contributed by atoms with Crippen LogP contribution in [0.3, 0.4) is 0 Å². The quantitative estimate of drug-likeness (QED) is 0.572. The first-order valence-corrected chi connectivity index (χ1v) is 9.77. The van der Waals surface area contributed by atoms with Crippen LogP contribution in [-0.4, -0.2) is 57.2 Å². The highest BCUT2D eigenvalue weighted by atomic mass is 19.2. The molecule has 0 aliphatic carbocycles. The van der Waals surface area contributed by atoms with Crippen LogP contribution >= 0.6 is 0 Å². The molecule has 6 nitrogen and oxygen atoms in total. The Bertz CT molecular complexity index is 997. The lowest BCUT2D eigenvalue weighted by atomic mass is 10.0. The minimum absolute atomic E-state index is 0.0352. The lowest BCUT2D eigenvalue weighted by molar-refractivity contribution is -0.120. The summed E-state index contributed by atoms with van der Waals surface area (Å²) in [7, 11) is 3.08. The van der Waals surface area contributed by atoms with Crippen LogP contribution in [0.2, 0.25) is 0 Å². The predicted octanol–water partition coefficient (Wildman–Crippen LogP) is 3.15. The SMILES string of the molecule is COCCN(CCOC)C1=C(c2ccc(C)cc2)C(=O)N(c2ccc(F)c(F)c2)C1=O. The van der Waals surface area contributed by atoms with Crippen molar-refractivity contribution in [2.75, 3.05) is 45.4 Å². The van der Waals surface area contributed by atoms with Gasteiger partial charge in [-0.2, -0.15) is 0 Å². The molecule has 0 radical (unpaired) electrons. The van der Waals surface area contributed by atoms with E-state index in [1.165, 1.54) is 6.07 Å². The topological polar surface area (TPSA) is 59.1 Å². The predicted molar refractivity (Wildman–Crippen MR) is 112 cm³/mol. The molecule has 0 bridgehead atoms. The fraction of sp³-hybridized carbons (Fsp3) is 0.304. The summed E-state index contributed by atoms with van der Waals surface area (Å²) in [5.74, 6) is -3.41. The molecule has 31 heavy (non-hydrogen) atoms. The summed E-state index contributed by atoms with van der Waals surface area (Å²) in [6, 6.07) is 10.1. The minimum Gasteiger partial charge on any atom is -0.383 e. The van der Waals surface area contributed by atoms with E-state index in [0.29, 0.717) is 31.9 Å². The number of rotatable bonds is 9. The minimum atomic E-state index is -1.14. The molecule has 0 fully saturated rings. The number of hydrogen-bond acceptors (Lipinski definition) is 5. The first kappa shape index (κ1) is 22.6. The van der Waals surface area contributed by atoms with Gasteiger partial charge in [0.2, 0.25) is 0 Å². The molecule has 0 saturated carbocycles. The van der Waals surface area contributed by atoms with Gasteiger partial charge in [0.15, 0.2) is 11.6 Å². The molecule has 1 aliphatic rings. The highest BCUT2D eigenvalue weighted by Gasteiger charge is 2.42. The van der Waals surface area contributed by atoms with Crippen LogP contribution in [0, 0.1) is 18.6 Å². The van der Waals surface area contributed by atoms with Gasteiger partial charge in [-0.3, -0.25) is 9.59 Å². The number of methoxy groups -OCH3 is 2. The van der Waals surface area contributed by atoms with E-state index >= 15 is 0 Å². The molecule has 0 aromatic heterocycles. The standard InChI is InChI=1S/C23H24F2N2O4/c1-15-4-6-16(7-5-15)20-21(26(10-12-30-2)11-13-31-3)23(29)27(22(20)28)17-8-9-18(24)19(25)14-17/h4-9,14H,10-13H2,1-3H3. The van der Waals surface area contributed by atoms with Crippen LogP contribution in [0.25, 0.3) is 5.57 Å². The van der Waals surface area contributed by atoms with Crippen LogP contribution in [-0.2, 0) is 19.1 Å². The van der Waals surface area contributed by atoms with Gasteiger partial charge in [0.05, 0.1) is 24.5 Å². The third kappa shape index (κ3) is 4.65.